The SMILES string of the molecule is CC(C)(C)OC(=O)N1C2C=C(Cc3ccc4ccccc4c3)CC1COC2. The third-order valence-electron chi connectivity index (χ3n) is 5.12. The van der Waals surface area contributed by atoms with Gasteiger partial charge in [0.25, 0.3) is 0 Å². The number of rotatable bonds is 2. The van der Waals surface area contributed by atoms with E-state index in [2.05, 4.69) is 48.5 Å². The van der Waals surface area contributed by atoms with Crippen LogP contribution in [0.3, 0.4) is 0 Å². The molecule has 0 aliphatic carbocycles. The van der Waals surface area contributed by atoms with E-state index in [1.807, 2.05) is 25.7 Å². The molecule has 1 amide bonds. The Morgan fingerprint density at radius 1 is 1.15 bits per heavy atom. The fourth-order valence-corrected chi connectivity index (χ4v) is 4.03. The number of benzene rings is 2. The van der Waals surface area contributed by atoms with Gasteiger partial charge in [0.15, 0.2) is 0 Å². The molecule has 2 aliphatic heterocycles. The molecule has 0 aromatic heterocycles. The second-order valence-electron chi connectivity index (χ2n) is 8.53. The van der Waals surface area contributed by atoms with E-state index in [-0.39, 0.29) is 18.2 Å². The van der Waals surface area contributed by atoms with Crippen molar-refractivity contribution in [3.05, 3.63) is 59.7 Å². The number of carbonyl (C=O) groups excluding carboxylic acids is 1. The van der Waals surface area contributed by atoms with Crippen LogP contribution in [0.1, 0.15) is 32.8 Å². The van der Waals surface area contributed by atoms with Crippen molar-refractivity contribution in [1.82, 2.24) is 4.90 Å². The van der Waals surface area contributed by atoms with Gasteiger partial charge in [-0.2, -0.15) is 0 Å². The lowest BCUT2D eigenvalue weighted by molar-refractivity contribution is -0.0536. The van der Waals surface area contributed by atoms with Crippen molar-refractivity contribution in [2.75, 3.05) is 13.2 Å². The molecule has 2 unspecified atom stereocenters. The number of hydrogen-bond acceptors (Lipinski definition) is 3. The minimum Gasteiger partial charge on any atom is -0.444 e. The van der Waals surface area contributed by atoms with E-state index in [1.165, 1.54) is 21.9 Å². The maximum atomic E-state index is 12.7. The van der Waals surface area contributed by atoms with Crippen molar-refractivity contribution in [3.8, 4) is 0 Å². The van der Waals surface area contributed by atoms with Crippen molar-refractivity contribution in [2.24, 2.45) is 0 Å². The number of hydrogen-bond donors (Lipinski definition) is 0. The third kappa shape index (κ3) is 4.01. The molecule has 4 heteroatoms. The van der Waals surface area contributed by atoms with Gasteiger partial charge in [0.1, 0.15) is 5.60 Å². The van der Waals surface area contributed by atoms with Crippen molar-refractivity contribution in [1.29, 1.82) is 0 Å². The average molecular weight is 365 g/mol. The first-order valence-electron chi connectivity index (χ1n) is 9.65. The third-order valence-corrected chi connectivity index (χ3v) is 5.12. The second kappa shape index (κ2) is 7.01. The minimum atomic E-state index is -0.485. The molecule has 2 atom stereocenters. The molecule has 4 rings (SSSR count). The van der Waals surface area contributed by atoms with E-state index >= 15 is 0 Å². The first-order chi connectivity index (χ1) is 12.9. The molecular formula is C23H27NO3. The summed E-state index contributed by atoms with van der Waals surface area (Å²) in [6, 6.07) is 15.1. The highest BCUT2D eigenvalue weighted by atomic mass is 16.6. The van der Waals surface area contributed by atoms with Crippen LogP contribution in [0, 0.1) is 0 Å². The van der Waals surface area contributed by atoms with E-state index in [9.17, 15) is 4.79 Å². The molecule has 1 saturated heterocycles. The van der Waals surface area contributed by atoms with E-state index in [1.54, 1.807) is 0 Å². The number of morpholine rings is 1. The van der Waals surface area contributed by atoms with Crippen LogP contribution in [0.2, 0.25) is 0 Å². The number of amides is 1. The van der Waals surface area contributed by atoms with Gasteiger partial charge >= 0.3 is 6.09 Å². The predicted molar refractivity (Wildman–Crippen MR) is 107 cm³/mol. The van der Waals surface area contributed by atoms with Crippen LogP contribution in [0.5, 0.6) is 0 Å². The van der Waals surface area contributed by atoms with Crippen molar-refractivity contribution < 1.29 is 14.3 Å². The monoisotopic (exact) mass is 365 g/mol. The lowest BCUT2D eigenvalue weighted by Crippen LogP contribution is -2.57. The van der Waals surface area contributed by atoms with Gasteiger partial charge in [-0.15, -0.1) is 0 Å². The molecule has 27 heavy (non-hydrogen) atoms. The van der Waals surface area contributed by atoms with Crippen LogP contribution in [0.4, 0.5) is 4.79 Å². The smallest absolute Gasteiger partial charge is 0.411 e. The van der Waals surface area contributed by atoms with Crippen molar-refractivity contribution in [2.45, 2.75) is 51.3 Å². The Kier molecular flexibility index (Phi) is 4.68. The van der Waals surface area contributed by atoms with Crippen LogP contribution in [-0.2, 0) is 15.9 Å². The summed E-state index contributed by atoms with van der Waals surface area (Å²) in [7, 11) is 0. The summed E-state index contributed by atoms with van der Waals surface area (Å²) in [5, 5.41) is 2.53. The van der Waals surface area contributed by atoms with Crippen LogP contribution in [-0.4, -0.2) is 41.9 Å². The summed E-state index contributed by atoms with van der Waals surface area (Å²) in [6.07, 6.45) is 3.72. The maximum Gasteiger partial charge on any atom is 0.411 e. The molecule has 2 aliphatic rings. The van der Waals surface area contributed by atoms with E-state index in [4.69, 9.17) is 9.47 Å². The molecule has 0 N–H and O–H groups in total. The van der Waals surface area contributed by atoms with Gasteiger partial charge in [0.05, 0.1) is 25.3 Å². The highest BCUT2D eigenvalue weighted by Gasteiger charge is 2.39. The summed E-state index contributed by atoms with van der Waals surface area (Å²) in [4.78, 5) is 14.5. The molecule has 2 bridgehead atoms. The normalized spacial score (nSPS) is 22.5. The first-order valence-corrected chi connectivity index (χ1v) is 9.65. The zero-order valence-corrected chi connectivity index (χ0v) is 16.3. The number of carbonyl (C=O) groups is 1. The number of nitrogens with zero attached hydrogens (tertiary/aromatic N) is 1. The van der Waals surface area contributed by atoms with Crippen molar-refractivity contribution >= 4 is 16.9 Å². The summed E-state index contributed by atoms with van der Waals surface area (Å²) in [5.74, 6) is 0. The standard InChI is InChI=1S/C23H27NO3/c1-23(2,3)27-22(25)24-20-12-17(13-21(24)15-26-14-20)10-16-8-9-18-6-4-5-7-19(18)11-16/h4-9,11-12,20-21H,10,13-15H2,1-3H3. The molecule has 0 saturated carbocycles. The van der Waals surface area contributed by atoms with Gasteiger partial charge in [-0.3, -0.25) is 4.90 Å². The number of ether oxygens (including phenoxy) is 2. The highest BCUT2D eigenvalue weighted by Crippen LogP contribution is 2.31. The summed E-state index contributed by atoms with van der Waals surface area (Å²) >= 11 is 0. The quantitative estimate of drug-likeness (QED) is 0.723. The van der Waals surface area contributed by atoms with Gasteiger partial charge in [-0.25, -0.2) is 4.79 Å². The lowest BCUT2D eigenvalue weighted by atomic mass is 9.90. The molecule has 142 valence electrons. The van der Waals surface area contributed by atoms with E-state index < -0.39 is 5.60 Å². The van der Waals surface area contributed by atoms with Gasteiger partial charge in [0, 0.05) is 0 Å². The highest BCUT2D eigenvalue weighted by molar-refractivity contribution is 5.83. The largest absolute Gasteiger partial charge is 0.444 e. The lowest BCUT2D eigenvalue weighted by Gasteiger charge is -2.44. The fourth-order valence-electron chi connectivity index (χ4n) is 4.03. The Balaban J connectivity index is 1.53. The molecule has 2 aromatic carbocycles. The fraction of sp³-hybridized carbons (Fsp3) is 0.435. The Labute approximate surface area is 160 Å². The molecular weight excluding hydrogens is 338 g/mol. The summed E-state index contributed by atoms with van der Waals surface area (Å²) in [5.41, 5.74) is 2.20. The molecule has 1 fully saturated rings. The van der Waals surface area contributed by atoms with Gasteiger partial charge < -0.3 is 9.47 Å². The van der Waals surface area contributed by atoms with Gasteiger partial charge in [-0.1, -0.05) is 54.1 Å². The first kappa shape index (κ1) is 18.1. The molecule has 4 nitrogen and oxygen atoms in total. The molecule has 2 heterocycles. The molecule has 0 spiro atoms. The topological polar surface area (TPSA) is 38.8 Å². The Morgan fingerprint density at radius 2 is 1.93 bits per heavy atom. The maximum absolute atomic E-state index is 12.7. The zero-order valence-electron chi connectivity index (χ0n) is 16.3. The minimum absolute atomic E-state index is 0.0391. The molecule has 2 aromatic rings. The van der Waals surface area contributed by atoms with E-state index in [0.29, 0.717) is 13.2 Å². The van der Waals surface area contributed by atoms with Crippen LogP contribution in [0.15, 0.2) is 54.1 Å². The Morgan fingerprint density at radius 3 is 2.67 bits per heavy atom. The van der Waals surface area contributed by atoms with Crippen LogP contribution >= 0.6 is 0 Å². The average Bonchev–Trinajstić information content (AvgIpc) is 2.59. The van der Waals surface area contributed by atoms with Gasteiger partial charge in [0.2, 0.25) is 0 Å². The van der Waals surface area contributed by atoms with Crippen LogP contribution < -0.4 is 0 Å². The van der Waals surface area contributed by atoms with Crippen molar-refractivity contribution in [3.63, 3.8) is 0 Å². The zero-order chi connectivity index (χ0) is 19.0. The number of fused-ring (bicyclic) bond motifs is 3. The predicted octanol–water partition coefficient (Wildman–Crippen LogP) is 4.72. The summed E-state index contributed by atoms with van der Waals surface area (Å²) in [6.45, 7) is 6.83. The van der Waals surface area contributed by atoms with Gasteiger partial charge in [-0.05, 0) is 49.9 Å². The Bertz CT molecular complexity index is 881. The molecule has 0 radical (unpaired) electrons. The van der Waals surface area contributed by atoms with E-state index in [0.717, 1.165) is 12.8 Å². The summed E-state index contributed by atoms with van der Waals surface area (Å²) < 4.78 is 11.3. The second-order valence-corrected chi connectivity index (χ2v) is 8.53. The van der Waals surface area contributed by atoms with Crippen LogP contribution in [0.25, 0.3) is 10.8 Å². The Hall–Kier alpha value is -2.33.